The zero-order valence-corrected chi connectivity index (χ0v) is 14.9. The van der Waals surface area contributed by atoms with Gasteiger partial charge in [-0.15, -0.1) is 11.3 Å². The third-order valence-corrected chi connectivity index (χ3v) is 4.16. The number of aliphatic carboxylic acids is 1. The largest absolute Gasteiger partial charge is 0.493 e. The molecule has 8 heteroatoms. The lowest BCUT2D eigenvalue weighted by Crippen LogP contribution is -2.24. The summed E-state index contributed by atoms with van der Waals surface area (Å²) >= 11 is 1.28. The third kappa shape index (κ3) is 5.75. The van der Waals surface area contributed by atoms with Crippen LogP contribution in [0.2, 0.25) is 0 Å². The highest BCUT2D eigenvalue weighted by molar-refractivity contribution is 7.09. The van der Waals surface area contributed by atoms with E-state index in [1.807, 2.05) is 25.1 Å². The summed E-state index contributed by atoms with van der Waals surface area (Å²) in [5.74, 6) is 0.162. The summed E-state index contributed by atoms with van der Waals surface area (Å²) < 4.78 is 10.7. The quantitative estimate of drug-likeness (QED) is 0.707. The van der Waals surface area contributed by atoms with Gasteiger partial charge in [-0.3, -0.25) is 9.59 Å². The number of hydrogen-bond donors (Lipinski definition) is 2. The van der Waals surface area contributed by atoms with Crippen molar-refractivity contribution in [1.29, 1.82) is 0 Å². The van der Waals surface area contributed by atoms with Crippen molar-refractivity contribution in [2.75, 3.05) is 13.7 Å². The van der Waals surface area contributed by atoms with Gasteiger partial charge >= 0.3 is 5.97 Å². The number of carbonyl (C=O) groups excluding carboxylic acids is 1. The molecular weight excluding hydrogens is 344 g/mol. The maximum Gasteiger partial charge on any atom is 0.309 e. The summed E-state index contributed by atoms with van der Waals surface area (Å²) in [7, 11) is 1.57. The fraction of sp³-hybridized carbons (Fsp3) is 0.353. The van der Waals surface area contributed by atoms with Gasteiger partial charge in [-0.05, 0) is 24.6 Å². The van der Waals surface area contributed by atoms with Crippen molar-refractivity contribution in [3.63, 3.8) is 0 Å². The summed E-state index contributed by atoms with van der Waals surface area (Å²) in [6.07, 6.45) is -0.0114. The molecule has 0 aliphatic rings. The van der Waals surface area contributed by atoms with Gasteiger partial charge in [0.2, 0.25) is 5.91 Å². The van der Waals surface area contributed by atoms with Crippen LogP contribution in [0.15, 0.2) is 23.6 Å². The second-order valence-corrected chi connectivity index (χ2v) is 6.12. The molecule has 0 fully saturated rings. The molecule has 0 aliphatic carbocycles. The Balaban J connectivity index is 1.89. The average Bonchev–Trinajstić information content (AvgIpc) is 3.00. The first-order valence-electron chi connectivity index (χ1n) is 7.73. The van der Waals surface area contributed by atoms with Gasteiger partial charge in [0.05, 0.1) is 32.3 Å². The van der Waals surface area contributed by atoms with Crippen LogP contribution < -0.4 is 14.8 Å². The first-order valence-corrected chi connectivity index (χ1v) is 8.61. The first-order chi connectivity index (χ1) is 12.0. The minimum absolute atomic E-state index is 0.123. The molecule has 134 valence electrons. The Bertz CT molecular complexity index is 744. The number of thiazole rings is 1. The maximum atomic E-state index is 12.0. The van der Waals surface area contributed by atoms with Crippen LogP contribution in [0.25, 0.3) is 0 Å². The summed E-state index contributed by atoms with van der Waals surface area (Å²) in [4.78, 5) is 26.8. The van der Waals surface area contributed by atoms with E-state index in [2.05, 4.69) is 10.3 Å². The number of hydrogen-bond acceptors (Lipinski definition) is 6. The van der Waals surface area contributed by atoms with Crippen LogP contribution in [-0.2, 0) is 29.0 Å². The van der Waals surface area contributed by atoms with Crippen molar-refractivity contribution in [2.24, 2.45) is 0 Å². The van der Waals surface area contributed by atoms with E-state index in [1.54, 1.807) is 12.5 Å². The van der Waals surface area contributed by atoms with Crippen molar-refractivity contribution in [3.8, 4) is 11.5 Å². The first kappa shape index (κ1) is 18.7. The van der Waals surface area contributed by atoms with Crippen molar-refractivity contribution >= 4 is 23.2 Å². The Morgan fingerprint density at radius 1 is 1.28 bits per heavy atom. The number of amides is 1. The lowest BCUT2D eigenvalue weighted by Gasteiger charge is -2.11. The van der Waals surface area contributed by atoms with Gasteiger partial charge in [-0.2, -0.15) is 0 Å². The fourth-order valence-corrected chi connectivity index (χ4v) is 2.96. The zero-order chi connectivity index (χ0) is 18.2. The topological polar surface area (TPSA) is 97.8 Å². The van der Waals surface area contributed by atoms with E-state index in [-0.39, 0.29) is 18.7 Å². The van der Waals surface area contributed by atoms with E-state index < -0.39 is 5.97 Å². The minimum Gasteiger partial charge on any atom is -0.493 e. The van der Waals surface area contributed by atoms with Crippen LogP contribution in [0.5, 0.6) is 11.5 Å². The van der Waals surface area contributed by atoms with E-state index in [0.717, 1.165) is 5.56 Å². The molecule has 1 aromatic carbocycles. The number of nitrogens with one attached hydrogen (secondary N) is 1. The molecule has 1 amide bonds. The Hall–Kier alpha value is -2.61. The number of nitrogens with zero attached hydrogens (tertiary/aromatic N) is 1. The summed E-state index contributed by atoms with van der Waals surface area (Å²) in [5, 5.41) is 13.8. The third-order valence-electron chi connectivity index (χ3n) is 3.26. The van der Waals surface area contributed by atoms with E-state index in [0.29, 0.717) is 35.4 Å². The Labute approximate surface area is 149 Å². The van der Waals surface area contributed by atoms with Crippen molar-refractivity contribution in [3.05, 3.63) is 39.8 Å². The Morgan fingerprint density at radius 2 is 2.08 bits per heavy atom. The van der Waals surface area contributed by atoms with E-state index in [9.17, 15) is 9.59 Å². The molecule has 2 rings (SSSR count). The van der Waals surface area contributed by atoms with Crippen LogP contribution >= 0.6 is 11.3 Å². The summed E-state index contributed by atoms with van der Waals surface area (Å²) in [5.41, 5.74) is 1.36. The fourth-order valence-electron chi connectivity index (χ4n) is 2.16. The predicted molar refractivity (Wildman–Crippen MR) is 93.2 cm³/mol. The van der Waals surface area contributed by atoms with Gasteiger partial charge in [0, 0.05) is 11.9 Å². The highest BCUT2D eigenvalue weighted by Crippen LogP contribution is 2.27. The number of rotatable bonds is 9. The predicted octanol–water partition coefficient (Wildman–Crippen LogP) is 2.04. The molecule has 0 saturated heterocycles. The van der Waals surface area contributed by atoms with Gasteiger partial charge in [0.15, 0.2) is 11.5 Å². The Morgan fingerprint density at radius 3 is 2.76 bits per heavy atom. The SMILES string of the molecule is CCOc1ccc(CNC(=O)Cc2nc(CC(=O)O)cs2)cc1OC. The van der Waals surface area contributed by atoms with Gasteiger partial charge in [-0.1, -0.05) is 6.07 Å². The molecule has 0 radical (unpaired) electrons. The standard InChI is InChI=1S/C17H20N2O5S/c1-3-24-13-5-4-11(6-14(13)23-2)9-18-15(20)8-16-19-12(10-25-16)7-17(21)22/h4-6,10H,3,7-9H2,1-2H3,(H,18,20)(H,21,22). The van der Waals surface area contributed by atoms with Crippen LogP contribution in [0.3, 0.4) is 0 Å². The lowest BCUT2D eigenvalue weighted by atomic mass is 10.2. The second-order valence-electron chi connectivity index (χ2n) is 5.17. The monoisotopic (exact) mass is 364 g/mol. The van der Waals surface area contributed by atoms with Crippen molar-refractivity contribution in [1.82, 2.24) is 10.3 Å². The molecule has 2 N–H and O–H groups in total. The lowest BCUT2D eigenvalue weighted by molar-refractivity contribution is -0.136. The van der Waals surface area contributed by atoms with Crippen LogP contribution in [-0.4, -0.2) is 35.7 Å². The normalized spacial score (nSPS) is 10.3. The number of aromatic nitrogens is 1. The van der Waals surface area contributed by atoms with Gasteiger partial charge in [0.25, 0.3) is 0 Å². The van der Waals surface area contributed by atoms with E-state index in [1.165, 1.54) is 11.3 Å². The summed E-state index contributed by atoms with van der Waals surface area (Å²) in [6.45, 7) is 2.80. The molecule has 1 aromatic heterocycles. The maximum absolute atomic E-state index is 12.0. The molecule has 1 heterocycles. The zero-order valence-electron chi connectivity index (χ0n) is 14.1. The highest BCUT2D eigenvalue weighted by Gasteiger charge is 2.11. The molecule has 0 saturated carbocycles. The molecule has 0 atom stereocenters. The van der Waals surface area contributed by atoms with Crippen molar-refractivity contribution in [2.45, 2.75) is 26.3 Å². The van der Waals surface area contributed by atoms with E-state index in [4.69, 9.17) is 14.6 Å². The summed E-state index contributed by atoms with van der Waals surface area (Å²) in [6, 6.07) is 5.49. The Kier molecular flexibility index (Phi) is 6.76. The van der Waals surface area contributed by atoms with Crippen LogP contribution in [0, 0.1) is 0 Å². The minimum atomic E-state index is -0.939. The number of carbonyl (C=O) groups is 2. The number of methoxy groups -OCH3 is 1. The number of ether oxygens (including phenoxy) is 2. The van der Waals surface area contributed by atoms with Gasteiger partial charge in [-0.25, -0.2) is 4.98 Å². The molecular formula is C17H20N2O5S. The molecule has 0 unspecified atom stereocenters. The molecule has 0 bridgehead atoms. The van der Waals surface area contributed by atoms with E-state index >= 15 is 0 Å². The molecule has 25 heavy (non-hydrogen) atoms. The van der Waals surface area contributed by atoms with Gasteiger partial charge < -0.3 is 19.9 Å². The van der Waals surface area contributed by atoms with Crippen LogP contribution in [0.1, 0.15) is 23.2 Å². The smallest absolute Gasteiger partial charge is 0.309 e. The number of carboxylic acid groups (broad SMARTS) is 1. The molecule has 0 spiro atoms. The van der Waals surface area contributed by atoms with Crippen molar-refractivity contribution < 1.29 is 24.2 Å². The number of benzene rings is 1. The second kappa shape index (κ2) is 9.03. The molecule has 2 aromatic rings. The highest BCUT2D eigenvalue weighted by atomic mass is 32.1. The van der Waals surface area contributed by atoms with Crippen LogP contribution in [0.4, 0.5) is 0 Å². The van der Waals surface area contributed by atoms with Gasteiger partial charge in [0.1, 0.15) is 5.01 Å². The number of carboxylic acids is 1. The molecule has 7 nitrogen and oxygen atoms in total. The molecule has 0 aliphatic heterocycles. The average molecular weight is 364 g/mol.